The number of carbonyl (C=O) groups is 4. The summed E-state index contributed by atoms with van der Waals surface area (Å²) in [6, 6.07) is 21.0. The minimum atomic E-state index is -1.23. The summed E-state index contributed by atoms with van der Waals surface area (Å²) in [4.78, 5) is 57.5. The quantitative estimate of drug-likeness (QED) is 0.201. The molecular weight excluding hydrogens is 548 g/mol. The van der Waals surface area contributed by atoms with Gasteiger partial charge in [-0.05, 0) is 55.5 Å². The van der Waals surface area contributed by atoms with E-state index in [2.05, 4.69) is 21.4 Å². The highest BCUT2D eigenvalue weighted by atomic mass is 16.7. The van der Waals surface area contributed by atoms with Crippen LogP contribution >= 0.6 is 0 Å². The van der Waals surface area contributed by atoms with Gasteiger partial charge in [0.25, 0.3) is 0 Å². The van der Waals surface area contributed by atoms with Crippen LogP contribution in [0.4, 0.5) is 0 Å². The normalized spacial score (nSPS) is 12.7. The van der Waals surface area contributed by atoms with Crippen LogP contribution < -0.4 is 21.4 Å². The molecule has 3 rings (SSSR count). The van der Waals surface area contributed by atoms with Crippen LogP contribution in [0.25, 0.3) is 10.8 Å². The first kappa shape index (κ1) is 33.2. The molecule has 0 saturated heterocycles. The Labute approximate surface area is 252 Å². The van der Waals surface area contributed by atoms with Gasteiger partial charge in [0.05, 0.1) is 12.0 Å². The summed E-state index contributed by atoms with van der Waals surface area (Å²) in [5.74, 6) is -2.07. The van der Waals surface area contributed by atoms with Crippen molar-refractivity contribution in [2.75, 3.05) is 13.7 Å². The molecule has 4 N–H and O–H groups in total. The lowest BCUT2D eigenvalue weighted by Gasteiger charge is -2.24. The third kappa shape index (κ3) is 11.5. The molecular formula is C33H42N4O6. The highest BCUT2D eigenvalue weighted by molar-refractivity contribution is 5.95. The topological polar surface area (TPSA) is 135 Å². The molecule has 0 aliphatic carbocycles. The van der Waals surface area contributed by atoms with Crippen molar-refractivity contribution in [1.82, 2.24) is 21.4 Å². The van der Waals surface area contributed by atoms with E-state index in [4.69, 9.17) is 9.57 Å². The Hall–Kier alpha value is -4.28. The molecule has 2 atom stereocenters. The van der Waals surface area contributed by atoms with Gasteiger partial charge >= 0.3 is 0 Å². The summed E-state index contributed by atoms with van der Waals surface area (Å²) >= 11 is 0. The van der Waals surface area contributed by atoms with Crippen molar-refractivity contribution in [3.05, 3.63) is 83.9 Å². The Balaban J connectivity index is 1.69. The SMILES string of the molecule is COCC[C@H](NC(=O)[C@H](CC(=O)NOC(C)(C)C)NC(=O)CCc1ccccc1)C(=O)NCc1cccc2ccccc12. The number of hydrogen-bond acceptors (Lipinski definition) is 6. The molecule has 0 aromatic heterocycles. The minimum Gasteiger partial charge on any atom is -0.385 e. The maximum absolute atomic E-state index is 13.4. The summed E-state index contributed by atoms with van der Waals surface area (Å²) in [5.41, 5.74) is 3.58. The van der Waals surface area contributed by atoms with Gasteiger partial charge in [0, 0.05) is 26.7 Å². The molecule has 10 heteroatoms. The third-order valence-corrected chi connectivity index (χ3v) is 6.57. The number of carbonyl (C=O) groups excluding carboxylic acids is 4. The van der Waals surface area contributed by atoms with E-state index in [1.54, 1.807) is 20.8 Å². The van der Waals surface area contributed by atoms with Gasteiger partial charge in [-0.3, -0.25) is 24.0 Å². The van der Waals surface area contributed by atoms with Crippen molar-refractivity contribution < 1.29 is 28.8 Å². The number of fused-ring (bicyclic) bond motifs is 1. The predicted molar refractivity (Wildman–Crippen MR) is 165 cm³/mol. The van der Waals surface area contributed by atoms with E-state index in [1.807, 2.05) is 72.8 Å². The molecule has 0 radical (unpaired) electrons. The van der Waals surface area contributed by atoms with Gasteiger partial charge in [-0.1, -0.05) is 72.8 Å². The van der Waals surface area contributed by atoms with Crippen molar-refractivity contribution in [1.29, 1.82) is 0 Å². The molecule has 0 fully saturated rings. The van der Waals surface area contributed by atoms with Crippen LogP contribution in [0.15, 0.2) is 72.8 Å². The van der Waals surface area contributed by atoms with E-state index < -0.39 is 41.3 Å². The number of benzene rings is 3. The standard InChI is InChI=1S/C33H42N4O6/c1-33(2,3)43-37-30(39)21-28(35-29(38)18-17-23-11-6-5-7-12-23)32(41)36-27(19-20-42-4)31(40)34-22-25-15-10-14-24-13-8-9-16-26(24)25/h5-16,27-28H,17-22H2,1-4H3,(H,34,40)(H,35,38)(H,36,41)(H,37,39)/t27-,28-/m0/s1. The van der Waals surface area contributed by atoms with E-state index in [1.165, 1.54) is 7.11 Å². The number of hydrogen-bond donors (Lipinski definition) is 4. The smallest absolute Gasteiger partial charge is 0.246 e. The molecule has 43 heavy (non-hydrogen) atoms. The number of nitrogens with one attached hydrogen (secondary N) is 4. The fourth-order valence-electron chi connectivity index (χ4n) is 4.34. The van der Waals surface area contributed by atoms with Gasteiger partial charge in [0.2, 0.25) is 23.6 Å². The molecule has 0 bridgehead atoms. The van der Waals surface area contributed by atoms with Gasteiger partial charge < -0.3 is 20.7 Å². The Morgan fingerprint density at radius 2 is 1.49 bits per heavy atom. The second kappa shape index (κ2) is 16.4. The Morgan fingerprint density at radius 3 is 2.21 bits per heavy atom. The summed E-state index contributed by atoms with van der Waals surface area (Å²) in [7, 11) is 1.50. The van der Waals surface area contributed by atoms with E-state index in [0.717, 1.165) is 21.9 Å². The second-order valence-electron chi connectivity index (χ2n) is 11.2. The number of amides is 4. The van der Waals surface area contributed by atoms with Crippen LogP contribution in [-0.4, -0.2) is 55.0 Å². The first-order valence-electron chi connectivity index (χ1n) is 14.4. The number of hydroxylamine groups is 1. The molecule has 0 aliphatic rings. The van der Waals surface area contributed by atoms with Crippen molar-refractivity contribution in [3.63, 3.8) is 0 Å². The van der Waals surface area contributed by atoms with Crippen molar-refractivity contribution in [2.24, 2.45) is 0 Å². The molecule has 0 unspecified atom stereocenters. The Morgan fingerprint density at radius 1 is 0.791 bits per heavy atom. The number of aryl methyl sites for hydroxylation is 1. The third-order valence-electron chi connectivity index (χ3n) is 6.57. The molecule has 0 aliphatic heterocycles. The average molecular weight is 591 g/mol. The van der Waals surface area contributed by atoms with Crippen LogP contribution in [0.5, 0.6) is 0 Å². The van der Waals surface area contributed by atoms with E-state index >= 15 is 0 Å². The molecule has 3 aromatic rings. The molecule has 4 amide bonds. The van der Waals surface area contributed by atoms with Crippen LogP contribution in [0.1, 0.15) is 51.2 Å². The summed E-state index contributed by atoms with van der Waals surface area (Å²) < 4.78 is 5.17. The first-order chi connectivity index (χ1) is 20.6. The minimum absolute atomic E-state index is 0.118. The molecule has 230 valence electrons. The zero-order valence-corrected chi connectivity index (χ0v) is 25.3. The summed E-state index contributed by atoms with van der Waals surface area (Å²) in [5, 5.41) is 10.4. The molecule has 0 spiro atoms. The fraction of sp³-hybridized carbons (Fsp3) is 0.394. The van der Waals surface area contributed by atoms with Gasteiger partial charge in [0.1, 0.15) is 12.1 Å². The fourth-order valence-corrected chi connectivity index (χ4v) is 4.34. The number of rotatable bonds is 15. The van der Waals surface area contributed by atoms with Gasteiger partial charge in [-0.15, -0.1) is 0 Å². The molecule has 3 aromatic carbocycles. The number of methoxy groups -OCH3 is 1. The van der Waals surface area contributed by atoms with E-state index in [9.17, 15) is 19.2 Å². The lowest BCUT2D eigenvalue weighted by molar-refractivity contribution is -0.147. The molecule has 0 heterocycles. The van der Waals surface area contributed by atoms with Crippen LogP contribution in [0.2, 0.25) is 0 Å². The second-order valence-corrected chi connectivity index (χ2v) is 11.2. The maximum atomic E-state index is 13.4. The lowest BCUT2D eigenvalue weighted by Crippen LogP contribution is -2.55. The highest BCUT2D eigenvalue weighted by Crippen LogP contribution is 2.18. The largest absolute Gasteiger partial charge is 0.385 e. The molecule has 10 nitrogen and oxygen atoms in total. The molecule has 0 saturated carbocycles. The van der Waals surface area contributed by atoms with Crippen LogP contribution in [-0.2, 0) is 41.7 Å². The zero-order valence-electron chi connectivity index (χ0n) is 25.3. The van der Waals surface area contributed by atoms with E-state index in [0.29, 0.717) is 6.42 Å². The average Bonchev–Trinajstić information content (AvgIpc) is 2.99. The summed E-state index contributed by atoms with van der Waals surface area (Å²) in [6.45, 7) is 5.76. The number of ether oxygens (including phenoxy) is 1. The van der Waals surface area contributed by atoms with Crippen molar-refractivity contribution >= 4 is 34.4 Å². The monoisotopic (exact) mass is 590 g/mol. The van der Waals surface area contributed by atoms with E-state index in [-0.39, 0.29) is 32.4 Å². The van der Waals surface area contributed by atoms with Gasteiger partial charge in [-0.25, -0.2) is 5.48 Å². The summed E-state index contributed by atoms with van der Waals surface area (Å²) in [6.07, 6.45) is 0.394. The Kier molecular flexibility index (Phi) is 12.7. The van der Waals surface area contributed by atoms with Crippen LogP contribution in [0.3, 0.4) is 0 Å². The first-order valence-corrected chi connectivity index (χ1v) is 14.4. The maximum Gasteiger partial charge on any atom is 0.246 e. The zero-order chi connectivity index (χ0) is 31.2. The highest BCUT2D eigenvalue weighted by Gasteiger charge is 2.29. The Bertz CT molecular complexity index is 1370. The van der Waals surface area contributed by atoms with Crippen LogP contribution in [0, 0.1) is 0 Å². The van der Waals surface area contributed by atoms with Crippen molar-refractivity contribution in [3.8, 4) is 0 Å². The van der Waals surface area contributed by atoms with Gasteiger partial charge in [0.15, 0.2) is 0 Å². The lowest BCUT2D eigenvalue weighted by atomic mass is 10.0. The van der Waals surface area contributed by atoms with Crippen molar-refractivity contribution in [2.45, 2.75) is 70.7 Å². The van der Waals surface area contributed by atoms with Gasteiger partial charge in [-0.2, -0.15) is 0 Å². The predicted octanol–water partition coefficient (Wildman–Crippen LogP) is 3.33.